The lowest BCUT2D eigenvalue weighted by atomic mass is 9.93. The van der Waals surface area contributed by atoms with Crippen molar-refractivity contribution in [3.63, 3.8) is 0 Å². The molecule has 3 amide bonds. The Bertz CT molecular complexity index is 1170. The maximum absolute atomic E-state index is 12.9. The SMILES string of the molecule is O=C1C[C@@H]2CN(C(=O)c3ccc(NC(=O)c4ccc5ccccc5n4)cc3)CC[C@@H]2N1. The number of piperidine rings is 1. The van der Waals surface area contributed by atoms with E-state index in [-0.39, 0.29) is 29.7 Å². The summed E-state index contributed by atoms with van der Waals surface area (Å²) in [7, 11) is 0. The van der Waals surface area contributed by atoms with Gasteiger partial charge in [0.2, 0.25) is 5.91 Å². The molecule has 2 aromatic carbocycles. The Balaban J connectivity index is 1.24. The van der Waals surface area contributed by atoms with Crippen LogP contribution in [0.4, 0.5) is 5.69 Å². The van der Waals surface area contributed by atoms with Crippen LogP contribution in [0.15, 0.2) is 60.7 Å². The maximum atomic E-state index is 12.9. The number of fused-ring (bicyclic) bond motifs is 2. The molecule has 2 N–H and O–H groups in total. The molecule has 156 valence electrons. The van der Waals surface area contributed by atoms with E-state index in [1.54, 1.807) is 30.3 Å². The van der Waals surface area contributed by atoms with Gasteiger partial charge in [0, 0.05) is 48.1 Å². The van der Waals surface area contributed by atoms with Crippen LogP contribution in [0, 0.1) is 5.92 Å². The average molecular weight is 414 g/mol. The molecule has 5 rings (SSSR count). The van der Waals surface area contributed by atoms with Crippen LogP contribution in [0.1, 0.15) is 33.7 Å². The minimum absolute atomic E-state index is 0.0492. The van der Waals surface area contributed by atoms with Crippen molar-refractivity contribution in [3.05, 3.63) is 71.9 Å². The maximum Gasteiger partial charge on any atom is 0.274 e. The number of benzene rings is 2. The fraction of sp³-hybridized carbons (Fsp3) is 0.250. The van der Waals surface area contributed by atoms with Crippen molar-refractivity contribution >= 4 is 34.3 Å². The van der Waals surface area contributed by atoms with Crippen LogP contribution in [0.3, 0.4) is 0 Å². The lowest BCUT2D eigenvalue weighted by molar-refractivity contribution is -0.119. The van der Waals surface area contributed by atoms with Gasteiger partial charge in [-0.2, -0.15) is 0 Å². The van der Waals surface area contributed by atoms with Gasteiger partial charge in [0.15, 0.2) is 0 Å². The zero-order valence-electron chi connectivity index (χ0n) is 16.9. The fourth-order valence-corrected chi connectivity index (χ4v) is 4.38. The molecule has 7 nitrogen and oxygen atoms in total. The number of likely N-dealkylation sites (tertiary alicyclic amines) is 1. The third-order valence-electron chi connectivity index (χ3n) is 6.04. The predicted molar refractivity (Wildman–Crippen MR) is 117 cm³/mol. The van der Waals surface area contributed by atoms with Crippen molar-refractivity contribution in [3.8, 4) is 0 Å². The minimum Gasteiger partial charge on any atom is -0.353 e. The molecular weight excluding hydrogens is 392 g/mol. The van der Waals surface area contributed by atoms with Crippen molar-refractivity contribution in [2.75, 3.05) is 18.4 Å². The van der Waals surface area contributed by atoms with Gasteiger partial charge in [-0.05, 0) is 42.8 Å². The molecule has 3 aromatic rings. The standard InChI is InChI=1S/C24H22N4O3/c29-22-13-17-14-28(12-11-20(17)27-22)24(31)16-5-8-18(9-6-16)25-23(30)21-10-7-15-3-1-2-4-19(15)26-21/h1-10,17,20H,11-14H2,(H,25,30)(H,27,29)/t17-,20+/m1/s1. The lowest BCUT2D eigenvalue weighted by Crippen LogP contribution is -2.47. The van der Waals surface area contributed by atoms with E-state index in [2.05, 4.69) is 15.6 Å². The van der Waals surface area contributed by atoms with E-state index in [0.29, 0.717) is 36.5 Å². The van der Waals surface area contributed by atoms with E-state index in [9.17, 15) is 14.4 Å². The highest BCUT2D eigenvalue weighted by molar-refractivity contribution is 6.04. The molecule has 0 radical (unpaired) electrons. The highest BCUT2D eigenvalue weighted by atomic mass is 16.2. The van der Waals surface area contributed by atoms with Crippen molar-refractivity contribution < 1.29 is 14.4 Å². The molecule has 1 aromatic heterocycles. The molecule has 0 unspecified atom stereocenters. The Morgan fingerprint density at radius 1 is 1.03 bits per heavy atom. The van der Waals surface area contributed by atoms with E-state index in [0.717, 1.165) is 17.3 Å². The number of hydrogen-bond donors (Lipinski definition) is 2. The van der Waals surface area contributed by atoms with Gasteiger partial charge in [0.1, 0.15) is 5.69 Å². The summed E-state index contributed by atoms with van der Waals surface area (Å²) in [4.78, 5) is 43.3. The molecule has 3 heterocycles. The summed E-state index contributed by atoms with van der Waals surface area (Å²) >= 11 is 0. The monoisotopic (exact) mass is 414 g/mol. The number of amides is 3. The number of nitrogens with zero attached hydrogens (tertiary/aromatic N) is 2. The third-order valence-corrected chi connectivity index (χ3v) is 6.04. The topological polar surface area (TPSA) is 91.4 Å². The van der Waals surface area contributed by atoms with Gasteiger partial charge in [-0.1, -0.05) is 24.3 Å². The third kappa shape index (κ3) is 3.86. The molecule has 2 aliphatic rings. The van der Waals surface area contributed by atoms with Gasteiger partial charge in [-0.15, -0.1) is 0 Å². The quantitative estimate of drug-likeness (QED) is 0.690. The fourth-order valence-electron chi connectivity index (χ4n) is 4.38. The number of carbonyl (C=O) groups excluding carboxylic acids is 3. The van der Waals surface area contributed by atoms with E-state index < -0.39 is 0 Å². The van der Waals surface area contributed by atoms with E-state index in [1.165, 1.54) is 0 Å². The Morgan fingerprint density at radius 2 is 1.84 bits per heavy atom. The Hall–Kier alpha value is -3.74. The number of nitrogens with one attached hydrogen (secondary N) is 2. The van der Waals surface area contributed by atoms with Crippen molar-refractivity contribution in [1.82, 2.24) is 15.2 Å². The van der Waals surface area contributed by atoms with Gasteiger partial charge in [-0.25, -0.2) is 4.98 Å². The summed E-state index contributed by atoms with van der Waals surface area (Å²) in [6, 6.07) is 18.3. The number of aromatic nitrogens is 1. The number of rotatable bonds is 3. The van der Waals surface area contributed by atoms with Gasteiger partial charge in [0.25, 0.3) is 11.8 Å². The first-order chi connectivity index (χ1) is 15.1. The second-order valence-corrected chi connectivity index (χ2v) is 8.10. The van der Waals surface area contributed by atoms with Gasteiger partial charge >= 0.3 is 0 Å². The summed E-state index contributed by atoms with van der Waals surface area (Å²) in [5.41, 5.74) is 2.26. The van der Waals surface area contributed by atoms with Crippen molar-refractivity contribution in [2.24, 2.45) is 5.92 Å². The van der Waals surface area contributed by atoms with E-state index in [4.69, 9.17) is 0 Å². The van der Waals surface area contributed by atoms with Gasteiger partial charge in [-0.3, -0.25) is 14.4 Å². The summed E-state index contributed by atoms with van der Waals surface area (Å²) < 4.78 is 0. The van der Waals surface area contributed by atoms with Crippen LogP contribution in [0.25, 0.3) is 10.9 Å². The molecule has 2 aliphatic heterocycles. The van der Waals surface area contributed by atoms with Gasteiger partial charge in [0.05, 0.1) is 5.52 Å². The molecule has 7 heteroatoms. The van der Waals surface area contributed by atoms with Crippen LogP contribution in [0.2, 0.25) is 0 Å². The zero-order valence-corrected chi connectivity index (χ0v) is 16.9. The van der Waals surface area contributed by atoms with Gasteiger partial charge < -0.3 is 15.5 Å². The normalized spacial score (nSPS) is 20.3. The summed E-state index contributed by atoms with van der Waals surface area (Å²) in [6.07, 6.45) is 1.28. The summed E-state index contributed by atoms with van der Waals surface area (Å²) in [5.74, 6) is -0.0827. The Labute approximate surface area is 179 Å². The van der Waals surface area contributed by atoms with Crippen LogP contribution >= 0.6 is 0 Å². The highest BCUT2D eigenvalue weighted by Gasteiger charge is 2.38. The molecule has 2 fully saturated rings. The number of anilines is 1. The molecule has 0 saturated carbocycles. The number of pyridine rings is 1. The van der Waals surface area contributed by atoms with Crippen LogP contribution in [0.5, 0.6) is 0 Å². The lowest BCUT2D eigenvalue weighted by Gasteiger charge is -2.34. The first kappa shape index (κ1) is 19.2. The van der Waals surface area contributed by atoms with E-state index >= 15 is 0 Å². The largest absolute Gasteiger partial charge is 0.353 e. The number of hydrogen-bond acceptors (Lipinski definition) is 4. The highest BCUT2D eigenvalue weighted by Crippen LogP contribution is 2.26. The number of para-hydroxylation sites is 1. The first-order valence-electron chi connectivity index (χ1n) is 10.4. The smallest absolute Gasteiger partial charge is 0.274 e. The summed E-state index contributed by atoms with van der Waals surface area (Å²) in [5, 5.41) is 6.79. The Morgan fingerprint density at radius 3 is 2.68 bits per heavy atom. The molecule has 31 heavy (non-hydrogen) atoms. The average Bonchev–Trinajstić information content (AvgIpc) is 3.18. The minimum atomic E-state index is -0.301. The second kappa shape index (κ2) is 7.83. The number of carbonyl (C=O) groups is 3. The van der Waals surface area contributed by atoms with Crippen LogP contribution in [-0.2, 0) is 4.79 Å². The van der Waals surface area contributed by atoms with Crippen LogP contribution in [-0.4, -0.2) is 46.7 Å². The molecule has 0 spiro atoms. The zero-order chi connectivity index (χ0) is 21.4. The van der Waals surface area contributed by atoms with Crippen molar-refractivity contribution in [1.29, 1.82) is 0 Å². The second-order valence-electron chi connectivity index (χ2n) is 8.10. The molecule has 2 saturated heterocycles. The van der Waals surface area contributed by atoms with E-state index in [1.807, 2.05) is 35.2 Å². The summed E-state index contributed by atoms with van der Waals surface area (Å²) in [6.45, 7) is 1.22. The molecule has 0 aliphatic carbocycles. The molecule has 2 atom stereocenters. The Kier molecular flexibility index (Phi) is 4.86. The van der Waals surface area contributed by atoms with Crippen molar-refractivity contribution in [2.45, 2.75) is 18.9 Å². The predicted octanol–water partition coefficient (Wildman–Crippen LogP) is 2.84. The first-order valence-corrected chi connectivity index (χ1v) is 10.4. The molecular formula is C24H22N4O3. The van der Waals surface area contributed by atoms with Crippen LogP contribution < -0.4 is 10.6 Å². The molecule has 0 bridgehead atoms.